The minimum atomic E-state index is -4.33. The molecule has 1 aromatic rings. The van der Waals surface area contributed by atoms with Gasteiger partial charge in [-0.3, -0.25) is 4.90 Å². The molecular weight excluding hydrogens is 325 g/mol. The number of aliphatic hydroxyl groups excluding tert-OH is 1. The Morgan fingerprint density at radius 3 is 2.39 bits per heavy atom. The van der Waals surface area contributed by atoms with E-state index in [-0.39, 0.29) is 29.3 Å². The number of hydrogen-bond donors (Lipinski definition) is 2. The Hall–Kier alpha value is -0.760. The van der Waals surface area contributed by atoms with E-state index in [1.807, 2.05) is 13.8 Å². The standard InChI is InChI=1S/C16H23F3N2OS/c1-15(2,11-22)14(21-9-7-20-8-10-21)12-5-3-4-6-13(12)23-16(17,18)19/h3-6,14,20,22H,7-11H2,1-2H3/t14-/m1/s1. The lowest BCUT2D eigenvalue weighted by molar-refractivity contribution is -0.0330. The molecule has 1 atom stereocenters. The monoisotopic (exact) mass is 348 g/mol. The maximum atomic E-state index is 12.9. The molecule has 0 spiro atoms. The molecule has 0 radical (unpaired) electrons. The summed E-state index contributed by atoms with van der Waals surface area (Å²) in [5.74, 6) is 0. The highest BCUT2D eigenvalue weighted by Crippen LogP contribution is 2.45. The summed E-state index contributed by atoms with van der Waals surface area (Å²) in [4.78, 5) is 2.38. The smallest absolute Gasteiger partial charge is 0.396 e. The highest BCUT2D eigenvalue weighted by atomic mass is 32.2. The van der Waals surface area contributed by atoms with Crippen LogP contribution in [-0.4, -0.2) is 48.3 Å². The zero-order valence-electron chi connectivity index (χ0n) is 13.4. The summed E-state index contributed by atoms with van der Waals surface area (Å²) in [6, 6.07) is 6.38. The second kappa shape index (κ2) is 7.42. The molecule has 1 aliphatic heterocycles. The molecule has 23 heavy (non-hydrogen) atoms. The average Bonchev–Trinajstić information content (AvgIpc) is 2.49. The van der Waals surface area contributed by atoms with Gasteiger partial charge in [-0.1, -0.05) is 32.0 Å². The Balaban J connectivity index is 2.43. The van der Waals surface area contributed by atoms with E-state index in [1.165, 1.54) is 6.07 Å². The van der Waals surface area contributed by atoms with Gasteiger partial charge in [0.2, 0.25) is 0 Å². The number of piperazine rings is 1. The van der Waals surface area contributed by atoms with Crippen LogP contribution in [0.25, 0.3) is 0 Å². The number of aliphatic hydroxyl groups is 1. The molecule has 1 fully saturated rings. The highest BCUT2D eigenvalue weighted by Gasteiger charge is 2.39. The van der Waals surface area contributed by atoms with Crippen LogP contribution in [0.4, 0.5) is 13.2 Å². The molecule has 3 nitrogen and oxygen atoms in total. The molecule has 1 aromatic carbocycles. The molecule has 0 amide bonds. The predicted octanol–water partition coefficient (Wildman–Crippen LogP) is 3.26. The van der Waals surface area contributed by atoms with Crippen LogP contribution in [0, 0.1) is 5.41 Å². The number of alkyl halides is 3. The Morgan fingerprint density at radius 2 is 1.83 bits per heavy atom. The van der Waals surface area contributed by atoms with Gasteiger partial charge in [0.15, 0.2) is 0 Å². The van der Waals surface area contributed by atoms with Crippen LogP contribution in [0.1, 0.15) is 25.5 Å². The lowest BCUT2D eigenvalue weighted by atomic mass is 9.79. The van der Waals surface area contributed by atoms with E-state index in [0.717, 1.165) is 26.2 Å². The van der Waals surface area contributed by atoms with Crippen LogP contribution in [0.15, 0.2) is 29.2 Å². The molecule has 1 aliphatic rings. The predicted molar refractivity (Wildman–Crippen MR) is 86.4 cm³/mol. The normalized spacial score (nSPS) is 18.9. The van der Waals surface area contributed by atoms with Crippen LogP contribution < -0.4 is 5.32 Å². The van der Waals surface area contributed by atoms with Crippen LogP contribution in [0.2, 0.25) is 0 Å². The van der Waals surface area contributed by atoms with E-state index < -0.39 is 10.9 Å². The quantitative estimate of drug-likeness (QED) is 0.801. The summed E-state index contributed by atoms with van der Waals surface area (Å²) in [6.07, 6.45) is 0. The zero-order valence-corrected chi connectivity index (χ0v) is 14.2. The van der Waals surface area contributed by atoms with Crippen LogP contribution in [-0.2, 0) is 0 Å². The van der Waals surface area contributed by atoms with Crippen LogP contribution in [0.5, 0.6) is 0 Å². The molecule has 0 aliphatic carbocycles. The minimum absolute atomic E-state index is 0.0776. The summed E-state index contributed by atoms with van der Waals surface area (Å²) < 4.78 is 38.7. The second-order valence-corrected chi connectivity index (χ2v) is 7.53. The number of nitrogens with zero attached hydrogens (tertiary/aromatic N) is 1. The first-order valence-electron chi connectivity index (χ1n) is 7.65. The van der Waals surface area contributed by atoms with E-state index in [2.05, 4.69) is 10.2 Å². The minimum Gasteiger partial charge on any atom is -0.396 e. The number of hydrogen-bond acceptors (Lipinski definition) is 4. The van der Waals surface area contributed by atoms with E-state index >= 15 is 0 Å². The number of nitrogens with one attached hydrogen (secondary N) is 1. The van der Waals surface area contributed by atoms with Gasteiger partial charge in [-0.25, -0.2) is 0 Å². The number of benzene rings is 1. The van der Waals surface area contributed by atoms with E-state index in [4.69, 9.17) is 0 Å². The number of thioether (sulfide) groups is 1. The average molecular weight is 348 g/mol. The molecule has 0 aromatic heterocycles. The fourth-order valence-electron chi connectivity index (χ4n) is 3.06. The topological polar surface area (TPSA) is 35.5 Å². The second-order valence-electron chi connectivity index (χ2n) is 6.42. The van der Waals surface area contributed by atoms with E-state index in [0.29, 0.717) is 5.56 Å². The summed E-state index contributed by atoms with van der Waals surface area (Å²) in [5.41, 5.74) is -4.23. The Morgan fingerprint density at radius 1 is 1.22 bits per heavy atom. The first-order chi connectivity index (χ1) is 10.7. The molecule has 2 rings (SSSR count). The van der Waals surface area contributed by atoms with Gasteiger partial charge in [0.1, 0.15) is 0 Å². The summed E-state index contributed by atoms with van der Waals surface area (Å²) >= 11 is -0.0776. The molecular formula is C16H23F3N2OS. The van der Waals surface area contributed by atoms with Crippen molar-refractivity contribution < 1.29 is 18.3 Å². The Labute approximate surface area is 139 Å². The van der Waals surface area contributed by atoms with Gasteiger partial charge in [-0.2, -0.15) is 13.2 Å². The van der Waals surface area contributed by atoms with E-state index in [9.17, 15) is 18.3 Å². The van der Waals surface area contributed by atoms with Gasteiger partial charge in [0.25, 0.3) is 0 Å². The molecule has 0 saturated carbocycles. The van der Waals surface area contributed by atoms with Crippen molar-refractivity contribution in [2.75, 3.05) is 32.8 Å². The maximum Gasteiger partial charge on any atom is 0.446 e. The van der Waals surface area contributed by atoms with Crippen LogP contribution >= 0.6 is 11.8 Å². The first kappa shape index (κ1) is 18.6. The molecule has 130 valence electrons. The van der Waals surface area contributed by atoms with Gasteiger partial charge < -0.3 is 10.4 Å². The van der Waals surface area contributed by atoms with Crippen molar-refractivity contribution in [1.29, 1.82) is 0 Å². The molecule has 1 heterocycles. The van der Waals surface area contributed by atoms with Gasteiger partial charge in [0, 0.05) is 49.1 Å². The van der Waals surface area contributed by atoms with Crippen molar-refractivity contribution in [2.24, 2.45) is 5.41 Å². The summed E-state index contributed by atoms with van der Waals surface area (Å²) in [7, 11) is 0. The third-order valence-corrected chi connectivity index (χ3v) is 4.93. The Bertz CT molecular complexity index is 516. The summed E-state index contributed by atoms with van der Waals surface area (Å²) in [5, 5.41) is 13.1. The van der Waals surface area contributed by atoms with Gasteiger partial charge >= 0.3 is 5.51 Å². The van der Waals surface area contributed by atoms with Crippen molar-refractivity contribution in [1.82, 2.24) is 10.2 Å². The van der Waals surface area contributed by atoms with Gasteiger partial charge in [-0.15, -0.1) is 0 Å². The molecule has 1 saturated heterocycles. The SMILES string of the molecule is CC(C)(CO)[C@@H](c1ccccc1SC(F)(F)F)N1CCNCC1. The fourth-order valence-corrected chi connectivity index (χ4v) is 3.76. The van der Waals surface area contributed by atoms with Crippen LogP contribution in [0.3, 0.4) is 0 Å². The first-order valence-corrected chi connectivity index (χ1v) is 8.46. The zero-order chi connectivity index (χ0) is 17.1. The van der Waals surface area contributed by atoms with Gasteiger partial charge in [0.05, 0.1) is 0 Å². The number of halogens is 3. The molecule has 0 unspecified atom stereocenters. The molecule has 0 bridgehead atoms. The van der Waals surface area contributed by atoms with Crippen molar-refractivity contribution in [2.45, 2.75) is 30.3 Å². The highest BCUT2D eigenvalue weighted by molar-refractivity contribution is 8.00. The van der Waals surface area contributed by atoms with Crippen molar-refractivity contribution in [3.63, 3.8) is 0 Å². The third kappa shape index (κ3) is 4.86. The van der Waals surface area contributed by atoms with Crippen molar-refractivity contribution in [3.8, 4) is 0 Å². The fraction of sp³-hybridized carbons (Fsp3) is 0.625. The van der Waals surface area contributed by atoms with Crippen molar-refractivity contribution >= 4 is 11.8 Å². The van der Waals surface area contributed by atoms with Gasteiger partial charge in [-0.05, 0) is 23.4 Å². The van der Waals surface area contributed by atoms with Crippen molar-refractivity contribution in [3.05, 3.63) is 29.8 Å². The lowest BCUT2D eigenvalue weighted by Gasteiger charge is -2.44. The van der Waals surface area contributed by atoms with E-state index in [1.54, 1.807) is 18.2 Å². The maximum absolute atomic E-state index is 12.9. The lowest BCUT2D eigenvalue weighted by Crippen LogP contribution is -2.49. The molecule has 7 heteroatoms. The third-order valence-electron chi connectivity index (χ3n) is 4.10. The molecule has 2 N–H and O–H groups in total. The largest absolute Gasteiger partial charge is 0.446 e. The number of rotatable bonds is 5. The summed E-state index contributed by atoms with van der Waals surface area (Å²) in [6.45, 7) is 6.80. The Kier molecular flexibility index (Phi) is 5.99.